The first kappa shape index (κ1) is 10.3. The molecular weight excluding hydrogens is 225 g/mol. The minimum atomic E-state index is -0.558. The van der Waals surface area contributed by atoms with Crippen LogP contribution >= 0.6 is 0 Å². The van der Waals surface area contributed by atoms with Gasteiger partial charge in [0.2, 0.25) is 0 Å². The first-order chi connectivity index (χ1) is 8.24. The third-order valence-electron chi connectivity index (χ3n) is 2.95. The molecule has 1 aliphatic heterocycles. The quantitative estimate of drug-likeness (QED) is 0.765. The molecule has 1 saturated heterocycles. The molecule has 0 atom stereocenters. The molecule has 2 N–H and O–H groups in total. The van der Waals surface area contributed by atoms with Crippen LogP contribution in [-0.2, 0) is 0 Å². The van der Waals surface area contributed by atoms with Crippen molar-refractivity contribution in [1.29, 1.82) is 0 Å². The lowest BCUT2D eigenvalue weighted by molar-refractivity contribution is 0.551. The lowest BCUT2D eigenvalue weighted by Gasteiger charge is -2.29. The van der Waals surface area contributed by atoms with Crippen molar-refractivity contribution in [3.63, 3.8) is 0 Å². The fourth-order valence-corrected chi connectivity index (χ4v) is 2.11. The van der Waals surface area contributed by atoms with E-state index < -0.39 is 5.76 Å². The molecule has 6 heteroatoms. The minimum absolute atomic E-state index is 0.337. The van der Waals surface area contributed by atoms with Gasteiger partial charge in [-0.05, 0) is 0 Å². The Balaban J connectivity index is 2.08. The van der Waals surface area contributed by atoms with Crippen LogP contribution in [0.3, 0.4) is 0 Å². The predicted octanol–water partition coefficient (Wildman–Crippen LogP) is 0.670. The summed E-state index contributed by atoms with van der Waals surface area (Å²) in [6, 6.07) is 2.88. The molecule has 1 aliphatic rings. The Morgan fingerprint density at radius 3 is 2.82 bits per heavy atom. The van der Waals surface area contributed by atoms with E-state index in [0.717, 1.165) is 26.2 Å². The molecule has 1 aromatic carbocycles. The zero-order valence-electron chi connectivity index (χ0n) is 9.12. The zero-order valence-corrected chi connectivity index (χ0v) is 9.12. The molecule has 2 heterocycles. The van der Waals surface area contributed by atoms with Crippen molar-refractivity contribution in [2.24, 2.45) is 0 Å². The highest BCUT2D eigenvalue weighted by Gasteiger charge is 2.16. The average Bonchev–Trinajstić information content (AvgIpc) is 2.68. The summed E-state index contributed by atoms with van der Waals surface area (Å²) < 4.78 is 18.8. The predicted molar refractivity (Wildman–Crippen MR) is 61.9 cm³/mol. The summed E-state index contributed by atoms with van der Waals surface area (Å²) in [6.07, 6.45) is 0. The van der Waals surface area contributed by atoms with E-state index in [9.17, 15) is 9.18 Å². The fraction of sp³-hybridized carbons (Fsp3) is 0.364. The second-order valence-electron chi connectivity index (χ2n) is 4.05. The molecule has 17 heavy (non-hydrogen) atoms. The monoisotopic (exact) mass is 237 g/mol. The number of hydrogen-bond acceptors (Lipinski definition) is 4. The van der Waals surface area contributed by atoms with Crippen LogP contribution in [0.25, 0.3) is 11.1 Å². The number of oxazole rings is 1. The fourth-order valence-electron chi connectivity index (χ4n) is 2.11. The van der Waals surface area contributed by atoms with Crippen LogP contribution in [0.5, 0.6) is 0 Å². The summed E-state index contributed by atoms with van der Waals surface area (Å²) in [7, 11) is 0. The van der Waals surface area contributed by atoms with Gasteiger partial charge in [0.05, 0.1) is 11.2 Å². The molecule has 0 spiro atoms. The summed E-state index contributed by atoms with van der Waals surface area (Å²) in [6.45, 7) is 3.15. The standard InChI is InChI=1S/C11H12FN3O2/c12-7-5-8-10(17-11(16)14-8)6-9(7)15-3-1-13-2-4-15/h5-6,13H,1-4H2,(H,14,16). The van der Waals surface area contributed by atoms with Crippen molar-refractivity contribution in [2.45, 2.75) is 0 Å². The average molecular weight is 237 g/mol. The highest BCUT2D eigenvalue weighted by atomic mass is 19.1. The van der Waals surface area contributed by atoms with Crippen LogP contribution in [0.4, 0.5) is 10.1 Å². The maximum atomic E-state index is 13.9. The summed E-state index contributed by atoms with van der Waals surface area (Å²) in [5.41, 5.74) is 1.28. The largest absolute Gasteiger partial charge is 0.417 e. The van der Waals surface area contributed by atoms with E-state index in [1.54, 1.807) is 6.07 Å². The second kappa shape index (κ2) is 3.89. The molecule has 0 saturated carbocycles. The number of anilines is 1. The Morgan fingerprint density at radius 1 is 1.29 bits per heavy atom. The van der Waals surface area contributed by atoms with Crippen LogP contribution in [0.1, 0.15) is 0 Å². The molecule has 3 rings (SSSR count). The normalized spacial score (nSPS) is 16.6. The van der Waals surface area contributed by atoms with Crippen molar-refractivity contribution in [3.05, 3.63) is 28.5 Å². The van der Waals surface area contributed by atoms with E-state index in [1.807, 2.05) is 4.90 Å². The van der Waals surface area contributed by atoms with E-state index in [-0.39, 0.29) is 5.82 Å². The van der Waals surface area contributed by atoms with Gasteiger partial charge in [-0.3, -0.25) is 4.98 Å². The zero-order chi connectivity index (χ0) is 11.8. The van der Waals surface area contributed by atoms with Crippen LogP contribution in [-0.4, -0.2) is 31.2 Å². The maximum absolute atomic E-state index is 13.9. The van der Waals surface area contributed by atoms with Crippen LogP contribution in [0.2, 0.25) is 0 Å². The Kier molecular flexibility index (Phi) is 2.36. The highest BCUT2D eigenvalue weighted by molar-refractivity contribution is 5.77. The van der Waals surface area contributed by atoms with Crippen LogP contribution in [0.15, 0.2) is 21.3 Å². The summed E-state index contributed by atoms with van der Waals surface area (Å²) in [5, 5.41) is 3.20. The number of nitrogens with one attached hydrogen (secondary N) is 2. The SMILES string of the molecule is O=c1[nH]c2cc(F)c(N3CCNCC3)cc2o1. The first-order valence-corrected chi connectivity index (χ1v) is 5.52. The van der Waals surface area contributed by atoms with Gasteiger partial charge in [0.25, 0.3) is 0 Å². The van der Waals surface area contributed by atoms with Crippen molar-refractivity contribution in [3.8, 4) is 0 Å². The number of halogens is 1. The van der Waals surface area contributed by atoms with E-state index in [1.165, 1.54) is 6.07 Å². The highest BCUT2D eigenvalue weighted by Crippen LogP contribution is 2.24. The van der Waals surface area contributed by atoms with Gasteiger partial charge in [-0.15, -0.1) is 0 Å². The minimum Gasteiger partial charge on any atom is -0.408 e. The lowest BCUT2D eigenvalue weighted by atomic mass is 10.2. The molecule has 1 fully saturated rings. The van der Waals surface area contributed by atoms with E-state index in [2.05, 4.69) is 10.3 Å². The number of piperazine rings is 1. The first-order valence-electron chi connectivity index (χ1n) is 5.52. The molecule has 90 valence electrons. The number of benzene rings is 1. The van der Waals surface area contributed by atoms with Gasteiger partial charge < -0.3 is 14.6 Å². The Bertz CT molecular complexity index is 598. The summed E-state index contributed by atoms with van der Waals surface area (Å²) in [5.74, 6) is -0.895. The molecule has 1 aromatic heterocycles. The number of H-pyrrole nitrogens is 1. The molecule has 0 bridgehead atoms. The molecule has 5 nitrogen and oxygen atoms in total. The molecule has 0 radical (unpaired) electrons. The van der Waals surface area contributed by atoms with Gasteiger partial charge in [-0.2, -0.15) is 0 Å². The summed E-state index contributed by atoms with van der Waals surface area (Å²) >= 11 is 0. The van der Waals surface area contributed by atoms with Crippen LogP contribution < -0.4 is 16.0 Å². The van der Waals surface area contributed by atoms with Gasteiger partial charge in [-0.1, -0.05) is 0 Å². The number of fused-ring (bicyclic) bond motifs is 1. The van der Waals surface area contributed by atoms with Crippen molar-refractivity contribution in [1.82, 2.24) is 10.3 Å². The Labute approximate surface area is 96.2 Å². The maximum Gasteiger partial charge on any atom is 0.417 e. The summed E-state index contributed by atoms with van der Waals surface area (Å²) in [4.78, 5) is 15.4. The van der Waals surface area contributed by atoms with E-state index >= 15 is 0 Å². The molecule has 0 amide bonds. The molecule has 0 unspecified atom stereocenters. The van der Waals surface area contributed by atoms with Gasteiger partial charge in [0.15, 0.2) is 5.58 Å². The number of aromatic nitrogens is 1. The van der Waals surface area contributed by atoms with Gasteiger partial charge in [0, 0.05) is 38.3 Å². The van der Waals surface area contributed by atoms with Crippen molar-refractivity contribution in [2.75, 3.05) is 31.1 Å². The molecule has 2 aromatic rings. The second-order valence-corrected chi connectivity index (χ2v) is 4.05. The number of hydrogen-bond donors (Lipinski definition) is 2. The topological polar surface area (TPSA) is 61.3 Å². The van der Waals surface area contributed by atoms with Gasteiger partial charge in [0.1, 0.15) is 5.82 Å². The molecule has 0 aliphatic carbocycles. The number of aromatic amines is 1. The van der Waals surface area contributed by atoms with E-state index in [4.69, 9.17) is 4.42 Å². The number of rotatable bonds is 1. The van der Waals surface area contributed by atoms with Crippen molar-refractivity contribution >= 4 is 16.8 Å². The smallest absolute Gasteiger partial charge is 0.408 e. The van der Waals surface area contributed by atoms with Gasteiger partial charge >= 0.3 is 5.76 Å². The van der Waals surface area contributed by atoms with Crippen molar-refractivity contribution < 1.29 is 8.81 Å². The van der Waals surface area contributed by atoms with Crippen LogP contribution in [0, 0.1) is 5.82 Å². The molecular formula is C11H12FN3O2. The lowest BCUT2D eigenvalue weighted by Crippen LogP contribution is -2.43. The third kappa shape index (κ3) is 1.80. The Morgan fingerprint density at radius 2 is 2.06 bits per heavy atom. The Hall–Kier alpha value is -1.82. The van der Waals surface area contributed by atoms with Gasteiger partial charge in [-0.25, -0.2) is 9.18 Å². The number of nitrogens with zero attached hydrogens (tertiary/aromatic N) is 1. The van der Waals surface area contributed by atoms with E-state index in [0.29, 0.717) is 16.8 Å². The third-order valence-corrected chi connectivity index (χ3v) is 2.95.